The van der Waals surface area contributed by atoms with Gasteiger partial charge in [0.2, 0.25) is 0 Å². The Kier molecular flexibility index (Phi) is 6.70. The Morgan fingerprint density at radius 1 is 1.39 bits per heavy atom. The lowest BCUT2D eigenvalue weighted by Gasteiger charge is -2.09. The number of halogens is 1. The van der Waals surface area contributed by atoms with Crippen molar-refractivity contribution in [1.29, 1.82) is 0 Å². The van der Waals surface area contributed by atoms with Crippen LogP contribution in [0.4, 0.5) is 0 Å². The van der Waals surface area contributed by atoms with Gasteiger partial charge in [0, 0.05) is 7.11 Å². The first kappa shape index (κ1) is 14.9. The molecule has 0 fully saturated rings. The molecule has 0 bridgehead atoms. The molecule has 0 atom stereocenters. The van der Waals surface area contributed by atoms with E-state index in [4.69, 9.17) is 19.3 Å². The van der Waals surface area contributed by atoms with Crippen molar-refractivity contribution in [2.24, 2.45) is 0 Å². The SMILES string of the molecule is COCCOCOc1ccc(CC(=O)O)cc1Br. The van der Waals surface area contributed by atoms with E-state index >= 15 is 0 Å². The zero-order valence-electron chi connectivity index (χ0n) is 10.0. The lowest BCUT2D eigenvalue weighted by molar-refractivity contribution is -0.136. The van der Waals surface area contributed by atoms with E-state index in [0.717, 1.165) is 0 Å². The van der Waals surface area contributed by atoms with E-state index < -0.39 is 5.97 Å². The second kappa shape index (κ2) is 8.07. The van der Waals surface area contributed by atoms with Gasteiger partial charge < -0.3 is 19.3 Å². The number of carbonyl (C=O) groups is 1. The molecule has 18 heavy (non-hydrogen) atoms. The Balaban J connectivity index is 2.44. The highest BCUT2D eigenvalue weighted by atomic mass is 79.9. The van der Waals surface area contributed by atoms with Gasteiger partial charge in [-0.3, -0.25) is 4.79 Å². The topological polar surface area (TPSA) is 65.0 Å². The molecule has 0 radical (unpaired) electrons. The zero-order chi connectivity index (χ0) is 13.4. The second-order valence-corrected chi connectivity index (χ2v) is 4.35. The first-order valence-corrected chi connectivity index (χ1v) is 6.12. The average Bonchev–Trinajstić information content (AvgIpc) is 2.30. The molecule has 6 heteroatoms. The van der Waals surface area contributed by atoms with Crippen molar-refractivity contribution >= 4 is 21.9 Å². The highest BCUT2D eigenvalue weighted by Gasteiger charge is 2.05. The number of hydrogen-bond acceptors (Lipinski definition) is 4. The number of carboxylic acids is 1. The van der Waals surface area contributed by atoms with Gasteiger partial charge in [-0.05, 0) is 33.6 Å². The third kappa shape index (κ3) is 5.48. The van der Waals surface area contributed by atoms with E-state index in [1.54, 1.807) is 25.3 Å². The molecule has 0 amide bonds. The van der Waals surface area contributed by atoms with Crippen LogP contribution in [-0.4, -0.2) is 38.2 Å². The molecule has 5 nitrogen and oxygen atoms in total. The molecule has 0 saturated heterocycles. The number of carboxylic acid groups (broad SMARTS) is 1. The van der Waals surface area contributed by atoms with Crippen LogP contribution < -0.4 is 4.74 Å². The van der Waals surface area contributed by atoms with E-state index in [-0.39, 0.29) is 13.2 Å². The summed E-state index contributed by atoms with van der Waals surface area (Å²) in [4.78, 5) is 10.6. The minimum atomic E-state index is -0.863. The first-order valence-electron chi connectivity index (χ1n) is 5.33. The van der Waals surface area contributed by atoms with Crippen molar-refractivity contribution in [3.63, 3.8) is 0 Å². The van der Waals surface area contributed by atoms with Crippen molar-refractivity contribution in [2.45, 2.75) is 6.42 Å². The van der Waals surface area contributed by atoms with E-state index in [1.807, 2.05) is 0 Å². The summed E-state index contributed by atoms with van der Waals surface area (Å²) in [7, 11) is 1.60. The Bertz CT molecular complexity index is 394. The molecular weight excluding hydrogens is 304 g/mol. The number of benzene rings is 1. The summed E-state index contributed by atoms with van der Waals surface area (Å²) in [6.45, 7) is 1.10. The van der Waals surface area contributed by atoms with Crippen LogP contribution in [0.3, 0.4) is 0 Å². The number of methoxy groups -OCH3 is 1. The second-order valence-electron chi connectivity index (χ2n) is 3.50. The largest absolute Gasteiger partial charge is 0.481 e. The fourth-order valence-electron chi connectivity index (χ4n) is 1.25. The maximum absolute atomic E-state index is 10.6. The maximum atomic E-state index is 10.6. The van der Waals surface area contributed by atoms with E-state index in [1.165, 1.54) is 0 Å². The summed E-state index contributed by atoms with van der Waals surface area (Å²) in [5.41, 5.74) is 0.710. The van der Waals surface area contributed by atoms with Crippen molar-refractivity contribution in [1.82, 2.24) is 0 Å². The zero-order valence-corrected chi connectivity index (χ0v) is 11.6. The van der Waals surface area contributed by atoms with Crippen LogP contribution in [0.1, 0.15) is 5.56 Å². The highest BCUT2D eigenvalue weighted by Crippen LogP contribution is 2.26. The van der Waals surface area contributed by atoms with E-state index in [0.29, 0.717) is 29.0 Å². The molecule has 0 spiro atoms. The summed E-state index contributed by atoms with van der Waals surface area (Å²) in [6.07, 6.45) is -0.0107. The molecule has 1 aromatic rings. The Hall–Kier alpha value is -1.11. The fourth-order valence-corrected chi connectivity index (χ4v) is 1.79. The van der Waals surface area contributed by atoms with Crippen LogP contribution in [-0.2, 0) is 20.7 Å². The lowest BCUT2D eigenvalue weighted by atomic mass is 10.1. The van der Waals surface area contributed by atoms with Gasteiger partial charge in [0.1, 0.15) is 5.75 Å². The molecule has 0 aliphatic rings. The van der Waals surface area contributed by atoms with Gasteiger partial charge in [0.05, 0.1) is 24.1 Å². The van der Waals surface area contributed by atoms with Gasteiger partial charge in [-0.1, -0.05) is 6.07 Å². The minimum Gasteiger partial charge on any atom is -0.481 e. The summed E-state index contributed by atoms with van der Waals surface area (Å²) >= 11 is 3.32. The molecule has 0 unspecified atom stereocenters. The third-order valence-corrected chi connectivity index (χ3v) is 2.70. The monoisotopic (exact) mass is 318 g/mol. The van der Waals surface area contributed by atoms with Gasteiger partial charge in [0.25, 0.3) is 0 Å². The van der Waals surface area contributed by atoms with Crippen LogP contribution >= 0.6 is 15.9 Å². The fraction of sp³-hybridized carbons (Fsp3) is 0.417. The third-order valence-electron chi connectivity index (χ3n) is 2.08. The quantitative estimate of drug-likeness (QED) is 0.587. The maximum Gasteiger partial charge on any atom is 0.307 e. The predicted octanol–water partition coefficient (Wildman–Crippen LogP) is 2.08. The molecule has 0 saturated carbocycles. The lowest BCUT2D eigenvalue weighted by Crippen LogP contribution is -2.08. The average molecular weight is 319 g/mol. The number of ether oxygens (including phenoxy) is 3. The van der Waals surface area contributed by atoms with Gasteiger partial charge in [-0.2, -0.15) is 0 Å². The molecule has 0 heterocycles. The van der Waals surface area contributed by atoms with Crippen LogP contribution in [0.2, 0.25) is 0 Å². The van der Waals surface area contributed by atoms with Crippen LogP contribution in [0.15, 0.2) is 22.7 Å². The Morgan fingerprint density at radius 3 is 2.78 bits per heavy atom. The van der Waals surface area contributed by atoms with Gasteiger partial charge >= 0.3 is 5.97 Å². The molecule has 1 aromatic carbocycles. The normalized spacial score (nSPS) is 10.3. The Labute approximate surface area is 114 Å². The van der Waals surface area contributed by atoms with Crippen LogP contribution in [0.5, 0.6) is 5.75 Å². The first-order chi connectivity index (χ1) is 8.63. The number of hydrogen-bond donors (Lipinski definition) is 1. The van der Waals surface area contributed by atoms with Crippen molar-refractivity contribution in [3.05, 3.63) is 28.2 Å². The van der Waals surface area contributed by atoms with Gasteiger partial charge in [0.15, 0.2) is 6.79 Å². The summed E-state index contributed by atoms with van der Waals surface area (Å²) in [6, 6.07) is 5.14. The molecular formula is C12H15BrO5. The van der Waals surface area contributed by atoms with E-state index in [9.17, 15) is 4.79 Å². The number of aliphatic carboxylic acids is 1. The molecule has 1 rings (SSSR count). The summed E-state index contributed by atoms with van der Waals surface area (Å²) in [5, 5.41) is 8.67. The van der Waals surface area contributed by atoms with Crippen molar-refractivity contribution < 1.29 is 24.1 Å². The minimum absolute atomic E-state index is 0.0107. The van der Waals surface area contributed by atoms with Crippen LogP contribution in [0, 0.1) is 0 Å². The molecule has 100 valence electrons. The van der Waals surface area contributed by atoms with Crippen LogP contribution in [0.25, 0.3) is 0 Å². The molecule has 0 aliphatic carbocycles. The van der Waals surface area contributed by atoms with Gasteiger partial charge in [-0.15, -0.1) is 0 Å². The molecule has 0 aliphatic heterocycles. The summed E-state index contributed by atoms with van der Waals surface area (Å²) in [5.74, 6) is -0.250. The van der Waals surface area contributed by atoms with Gasteiger partial charge in [-0.25, -0.2) is 0 Å². The molecule has 0 aromatic heterocycles. The van der Waals surface area contributed by atoms with Crippen molar-refractivity contribution in [3.8, 4) is 5.75 Å². The predicted molar refractivity (Wildman–Crippen MR) is 68.8 cm³/mol. The highest BCUT2D eigenvalue weighted by molar-refractivity contribution is 9.10. The summed E-state index contributed by atoms with van der Waals surface area (Å²) < 4.78 is 16.1. The van der Waals surface area contributed by atoms with Crippen molar-refractivity contribution in [2.75, 3.05) is 27.1 Å². The Morgan fingerprint density at radius 2 is 2.17 bits per heavy atom. The standard InChI is InChI=1S/C12H15BrO5/c1-16-4-5-17-8-18-11-3-2-9(6-10(11)13)7-12(14)15/h2-3,6H,4-5,7-8H2,1H3,(H,14,15). The smallest absolute Gasteiger partial charge is 0.307 e. The van der Waals surface area contributed by atoms with E-state index in [2.05, 4.69) is 15.9 Å². The molecule has 1 N–H and O–H groups in total. The number of rotatable bonds is 8.